The predicted octanol–water partition coefficient (Wildman–Crippen LogP) is 3.56. The molecule has 1 saturated carbocycles. The molecule has 4 nitrogen and oxygen atoms in total. The Labute approximate surface area is 120 Å². The number of nitrogens with zero attached hydrogens (tertiary/aromatic N) is 1. The maximum Gasteiger partial charge on any atom is 0.230 e. The van der Waals surface area contributed by atoms with Crippen LogP contribution in [0.5, 0.6) is 5.88 Å². The number of amides is 1. The highest BCUT2D eigenvalue weighted by Gasteiger charge is 2.34. The Morgan fingerprint density at radius 2 is 2.20 bits per heavy atom. The molecule has 4 heteroatoms. The van der Waals surface area contributed by atoms with Crippen LogP contribution < -0.4 is 10.1 Å². The van der Waals surface area contributed by atoms with Crippen molar-refractivity contribution in [1.29, 1.82) is 0 Å². The number of pyridine rings is 1. The van der Waals surface area contributed by atoms with Crippen LogP contribution in [0.25, 0.3) is 0 Å². The van der Waals surface area contributed by atoms with E-state index in [-0.39, 0.29) is 11.3 Å². The second-order valence-corrected chi connectivity index (χ2v) is 5.56. The van der Waals surface area contributed by atoms with Crippen LogP contribution in [0, 0.1) is 5.41 Å². The van der Waals surface area contributed by atoms with Crippen LogP contribution in [0.15, 0.2) is 31.0 Å². The minimum Gasteiger partial charge on any atom is -0.473 e. The van der Waals surface area contributed by atoms with E-state index in [0.29, 0.717) is 18.2 Å². The van der Waals surface area contributed by atoms with Crippen molar-refractivity contribution in [2.24, 2.45) is 5.41 Å². The largest absolute Gasteiger partial charge is 0.473 e. The van der Waals surface area contributed by atoms with Gasteiger partial charge in [-0.25, -0.2) is 4.98 Å². The van der Waals surface area contributed by atoms with Gasteiger partial charge in [-0.2, -0.15) is 0 Å². The van der Waals surface area contributed by atoms with Gasteiger partial charge in [0.2, 0.25) is 11.8 Å². The van der Waals surface area contributed by atoms with Gasteiger partial charge in [0.25, 0.3) is 0 Å². The number of hydrogen-bond acceptors (Lipinski definition) is 3. The first-order chi connectivity index (χ1) is 9.64. The van der Waals surface area contributed by atoms with Crippen molar-refractivity contribution < 1.29 is 9.53 Å². The SMILES string of the molecule is C=CCOc1ccc(NC(=O)C2(C)CCCCC2)cn1. The summed E-state index contributed by atoms with van der Waals surface area (Å²) in [7, 11) is 0. The summed E-state index contributed by atoms with van der Waals surface area (Å²) in [6.07, 6.45) is 8.73. The molecule has 1 N–H and O–H groups in total. The minimum atomic E-state index is -0.240. The van der Waals surface area contributed by atoms with Gasteiger partial charge in [0.15, 0.2) is 0 Å². The third kappa shape index (κ3) is 3.59. The highest BCUT2D eigenvalue weighted by atomic mass is 16.5. The summed E-state index contributed by atoms with van der Waals surface area (Å²) in [5, 5.41) is 2.96. The van der Waals surface area contributed by atoms with Gasteiger partial charge in [-0.15, -0.1) is 0 Å². The van der Waals surface area contributed by atoms with E-state index in [4.69, 9.17) is 4.74 Å². The summed E-state index contributed by atoms with van der Waals surface area (Å²) >= 11 is 0. The Kier molecular flexibility index (Phi) is 4.77. The maximum atomic E-state index is 12.4. The quantitative estimate of drug-likeness (QED) is 0.835. The monoisotopic (exact) mass is 274 g/mol. The lowest BCUT2D eigenvalue weighted by atomic mass is 9.75. The molecule has 1 fully saturated rings. The van der Waals surface area contributed by atoms with E-state index in [2.05, 4.69) is 23.8 Å². The zero-order valence-electron chi connectivity index (χ0n) is 12.0. The molecule has 108 valence electrons. The second kappa shape index (κ2) is 6.55. The maximum absolute atomic E-state index is 12.4. The number of carbonyl (C=O) groups is 1. The smallest absolute Gasteiger partial charge is 0.230 e. The average molecular weight is 274 g/mol. The number of anilines is 1. The lowest BCUT2D eigenvalue weighted by Crippen LogP contribution is -2.35. The van der Waals surface area contributed by atoms with E-state index in [0.717, 1.165) is 25.7 Å². The van der Waals surface area contributed by atoms with Gasteiger partial charge >= 0.3 is 0 Å². The fraction of sp³-hybridized carbons (Fsp3) is 0.500. The van der Waals surface area contributed by atoms with Crippen LogP contribution in [0.3, 0.4) is 0 Å². The standard InChI is InChI=1S/C16H22N2O2/c1-3-11-20-14-8-7-13(12-17-14)18-15(19)16(2)9-5-4-6-10-16/h3,7-8,12H,1,4-6,9-11H2,2H3,(H,18,19). The minimum absolute atomic E-state index is 0.0961. The number of carbonyl (C=O) groups excluding carboxylic acids is 1. The summed E-state index contributed by atoms with van der Waals surface area (Å²) in [5.74, 6) is 0.630. The molecule has 0 aliphatic heterocycles. The molecule has 2 rings (SSSR count). The number of rotatable bonds is 5. The van der Waals surface area contributed by atoms with Gasteiger partial charge in [0.05, 0.1) is 11.9 Å². The molecule has 20 heavy (non-hydrogen) atoms. The first-order valence-electron chi connectivity index (χ1n) is 7.15. The summed E-state index contributed by atoms with van der Waals surface area (Å²) in [5.41, 5.74) is 0.476. The molecule has 1 amide bonds. The summed E-state index contributed by atoms with van der Waals surface area (Å²) in [4.78, 5) is 16.5. The van der Waals surface area contributed by atoms with E-state index in [1.54, 1.807) is 18.3 Å². The predicted molar refractivity (Wildman–Crippen MR) is 79.8 cm³/mol. The van der Waals surface area contributed by atoms with Gasteiger partial charge < -0.3 is 10.1 Å². The lowest BCUT2D eigenvalue weighted by Gasteiger charge is -2.31. The number of ether oxygens (including phenoxy) is 1. The van der Waals surface area contributed by atoms with Crippen molar-refractivity contribution in [3.8, 4) is 5.88 Å². The molecule has 0 atom stereocenters. The number of hydrogen-bond donors (Lipinski definition) is 1. The fourth-order valence-corrected chi connectivity index (χ4v) is 2.53. The molecule has 1 aromatic rings. The Morgan fingerprint density at radius 1 is 1.45 bits per heavy atom. The van der Waals surface area contributed by atoms with E-state index in [9.17, 15) is 4.79 Å². The van der Waals surface area contributed by atoms with Crippen LogP contribution in [0.1, 0.15) is 39.0 Å². The highest BCUT2D eigenvalue weighted by Crippen LogP contribution is 2.36. The first kappa shape index (κ1) is 14.6. The molecule has 1 aliphatic carbocycles. The van der Waals surface area contributed by atoms with Crippen LogP contribution in [-0.4, -0.2) is 17.5 Å². The molecule has 0 aromatic carbocycles. The number of nitrogens with one attached hydrogen (secondary N) is 1. The van der Waals surface area contributed by atoms with Crippen LogP contribution in [0.4, 0.5) is 5.69 Å². The Bertz CT molecular complexity index is 462. The lowest BCUT2D eigenvalue weighted by molar-refractivity contribution is -0.126. The van der Waals surface area contributed by atoms with Gasteiger partial charge in [0.1, 0.15) is 6.61 Å². The molecular formula is C16H22N2O2. The molecule has 0 radical (unpaired) electrons. The Balaban J connectivity index is 1.95. The zero-order chi connectivity index (χ0) is 14.4. The van der Waals surface area contributed by atoms with Crippen molar-refractivity contribution in [3.05, 3.63) is 31.0 Å². The summed E-state index contributed by atoms with van der Waals surface area (Å²) < 4.78 is 5.31. The molecule has 0 saturated heterocycles. The molecular weight excluding hydrogens is 252 g/mol. The van der Waals surface area contributed by atoms with Crippen molar-refractivity contribution >= 4 is 11.6 Å². The van der Waals surface area contributed by atoms with E-state index < -0.39 is 0 Å². The molecule has 0 unspecified atom stereocenters. The van der Waals surface area contributed by atoms with Crippen molar-refractivity contribution in [2.45, 2.75) is 39.0 Å². The summed E-state index contributed by atoms with van der Waals surface area (Å²) in [6.45, 7) is 6.06. The van der Waals surface area contributed by atoms with Crippen LogP contribution in [-0.2, 0) is 4.79 Å². The zero-order valence-corrected chi connectivity index (χ0v) is 12.0. The van der Waals surface area contributed by atoms with E-state index >= 15 is 0 Å². The molecule has 0 bridgehead atoms. The Morgan fingerprint density at radius 3 is 2.80 bits per heavy atom. The fourth-order valence-electron chi connectivity index (χ4n) is 2.53. The van der Waals surface area contributed by atoms with Crippen molar-refractivity contribution in [2.75, 3.05) is 11.9 Å². The number of aromatic nitrogens is 1. The highest BCUT2D eigenvalue weighted by molar-refractivity contribution is 5.94. The van der Waals surface area contributed by atoms with E-state index in [1.807, 2.05) is 6.07 Å². The topological polar surface area (TPSA) is 51.2 Å². The summed E-state index contributed by atoms with van der Waals surface area (Å²) in [6, 6.07) is 3.57. The van der Waals surface area contributed by atoms with Gasteiger partial charge in [-0.1, -0.05) is 38.8 Å². The third-order valence-electron chi connectivity index (χ3n) is 3.85. The third-order valence-corrected chi connectivity index (χ3v) is 3.85. The van der Waals surface area contributed by atoms with Gasteiger partial charge in [-0.3, -0.25) is 4.79 Å². The average Bonchev–Trinajstić information content (AvgIpc) is 2.47. The molecule has 1 aromatic heterocycles. The van der Waals surface area contributed by atoms with E-state index in [1.165, 1.54) is 6.42 Å². The Hall–Kier alpha value is -1.84. The van der Waals surface area contributed by atoms with Crippen molar-refractivity contribution in [3.63, 3.8) is 0 Å². The second-order valence-electron chi connectivity index (χ2n) is 5.56. The molecule has 1 aliphatic rings. The van der Waals surface area contributed by atoms with Crippen LogP contribution >= 0.6 is 0 Å². The van der Waals surface area contributed by atoms with Gasteiger partial charge in [-0.05, 0) is 18.9 Å². The van der Waals surface area contributed by atoms with Gasteiger partial charge in [0, 0.05) is 11.5 Å². The first-order valence-corrected chi connectivity index (χ1v) is 7.15. The normalized spacial score (nSPS) is 17.2. The van der Waals surface area contributed by atoms with Crippen molar-refractivity contribution in [1.82, 2.24) is 4.98 Å². The molecule has 1 heterocycles. The molecule has 0 spiro atoms. The van der Waals surface area contributed by atoms with Crippen LogP contribution in [0.2, 0.25) is 0 Å².